The first-order valence-electron chi connectivity index (χ1n) is 12.5. The number of ether oxygens (including phenoxy) is 1. The molecule has 2 aromatic carbocycles. The molecule has 2 aliphatic heterocycles. The fourth-order valence-electron chi connectivity index (χ4n) is 4.90. The van der Waals surface area contributed by atoms with Gasteiger partial charge in [-0.2, -0.15) is 13.2 Å². The number of fused-ring (bicyclic) bond motifs is 2. The SMILES string of the molecule is CC(C)N1CCOc2c(F)cc(-c3nc(Nc4ccc5c(c4)CCN(CCC(F)(F)F)C5)ncc3F)cc21. The molecule has 0 fully saturated rings. The normalized spacial score (nSPS) is 15.7. The third kappa shape index (κ3) is 5.67. The van der Waals surface area contributed by atoms with Gasteiger partial charge in [-0.1, -0.05) is 6.07 Å². The number of aromatic nitrogens is 2. The molecule has 0 radical (unpaired) electrons. The Kier molecular flexibility index (Phi) is 7.13. The Morgan fingerprint density at radius 1 is 1.05 bits per heavy atom. The summed E-state index contributed by atoms with van der Waals surface area (Å²) in [6.07, 6.45) is -3.35. The molecular formula is C27H28F5N5O. The van der Waals surface area contributed by atoms with Crippen molar-refractivity contribution in [2.24, 2.45) is 0 Å². The Hall–Kier alpha value is -3.47. The molecule has 0 aliphatic carbocycles. The third-order valence-corrected chi connectivity index (χ3v) is 6.82. The van der Waals surface area contributed by atoms with Gasteiger partial charge < -0.3 is 15.0 Å². The molecular weight excluding hydrogens is 505 g/mol. The van der Waals surface area contributed by atoms with Crippen LogP contribution in [0.15, 0.2) is 36.5 Å². The van der Waals surface area contributed by atoms with Gasteiger partial charge in [-0.15, -0.1) is 0 Å². The first kappa shape index (κ1) is 26.1. The van der Waals surface area contributed by atoms with Crippen LogP contribution in [0.1, 0.15) is 31.4 Å². The quantitative estimate of drug-likeness (QED) is 0.388. The Labute approximate surface area is 217 Å². The van der Waals surface area contributed by atoms with Gasteiger partial charge in [0.1, 0.15) is 12.3 Å². The molecule has 0 atom stereocenters. The highest BCUT2D eigenvalue weighted by Gasteiger charge is 2.29. The number of nitrogens with zero attached hydrogens (tertiary/aromatic N) is 4. The van der Waals surface area contributed by atoms with Crippen molar-refractivity contribution in [1.29, 1.82) is 0 Å². The van der Waals surface area contributed by atoms with Gasteiger partial charge >= 0.3 is 6.18 Å². The molecule has 1 N–H and O–H groups in total. The first-order valence-corrected chi connectivity index (χ1v) is 12.5. The minimum absolute atomic E-state index is 0.0283. The standard InChI is InChI=1S/C27H28F5N5O/c1-16(2)37-9-10-38-25-21(28)12-19(13-23(25)37)24-22(29)14-33-26(35-24)34-20-4-3-18-15-36(7-5-17(18)11-20)8-6-27(30,31)32/h3-4,11-14,16H,5-10,15H2,1-2H3,(H,33,34,35). The first-order chi connectivity index (χ1) is 18.1. The van der Waals surface area contributed by atoms with Crippen LogP contribution in [-0.2, 0) is 13.0 Å². The zero-order chi connectivity index (χ0) is 27.0. The van der Waals surface area contributed by atoms with E-state index in [0.717, 1.165) is 17.3 Å². The van der Waals surface area contributed by atoms with E-state index in [1.165, 1.54) is 6.07 Å². The van der Waals surface area contributed by atoms with Gasteiger partial charge in [0, 0.05) is 36.9 Å². The van der Waals surface area contributed by atoms with Crippen molar-refractivity contribution in [3.05, 3.63) is 59.3 Å². The molecule has 11 heteroatoms. The maximum atomic E-state index is 14.9. The monoisotopic (exact) mass is 533 g/mol. The summed E-state index contributed by atoms with van der Waals surface area (Å²) in [5.41, 5.74) is 3.42. The average molecular weight is 534 g/mol. The lowest BCUT2D eigenvalue weighted by Crippen LogP contribution is -2.38. The number of alkyl halides is 3. The Balaban J connectivity index is 1.36. The molecule has 0 saturated carbocycles. The number of benzene rings is 2. The molecule has 5 rings (SSSR count). The lowest BCUT2D eigenvalue weighted by molar-refractivity contribution is -0.138. The van der Waals surface area contributed by atoms with E-state index >= 15 is 0 Å². The van der Waals surface area contributed by atoms with Gasteiger partial charge in [-0.25, -0.2) is 18.7 Å². The maximum Gasteiger partial charge on any atom is 0.390 e. The van der Waals surface area contributed by atoms with E-state index in [2.05, 4.69) is 15.3 Å². The minimum Gasteiger partial charge on any atom is -0.486 e. The van der Waals surface area contributed by atoms with Gasteiger partial charge in [-0.05, 0) is 55.7 Å². The molecule has 3 heterocycles. The fourth-order valence-corrected chi connectivity index (χ4v) is 4.90. The van der Waals surface area contributed by atoms with Crippen LogP contribution in [0.3, 0.4) is 0 Å². The molecule has 202 valence electrons. The minimum atomic E-state index is -4.17. The van der Waals surface area contributed by atoms with E-state index in [1.54, 1.807) is 17.0 Å². The van der Waals surface area contributed by atoms with Crippen molar-refractivity contribution in [3.63, 3.8) is 0 Å². The summed E-state index contributed by atoms with van der Waals surface area (Å²) in [5.74, 6) is -0.993. The number of nitrogens with one attached hydrogen (secondary N) is 1. The summed E-state index contributed by atoms with van der Waals surface area (Å²) < 4.78 is 73.0. The second-order valence-corrected chi connectivity index (χ2v) is 9.83. The summed E-state index contributed by atoms with van der Waals surface area (Å²) in [5, 5.41) is 3.07. The van der Waals surface area contributed by atoms with Crippen LogP contribution in [0.5, 0.6) is 5.75 Å². The topological polar surface area (TPSA) is 53.5 Å². The van der Waals surface area contributed by atoms with E-state index in [1.807, 2.05) is 30.9 Å². The van der Waals surface area contributed by atoms with Crippen LogP contribution >= 0.6 is 0 Å². The lowest BCUT2D eigenvalue weighted by Gasteiger charge is -2.34. The fraction of sp³-hybridized carbons (Fsp3) is 0.407. The van der Waals surface area contributed by atoms with Gasteiger partial charge in [0.25, 0.3) is 0 Å². The zero-order valence-corrected chi connectivity index (χ0v) is 21.1. The van der Waals surface area contributed by atoms with E-state index in [4.69, 9.17) is 4.74 Å². The van der Waals surface area contributed by atoms with E-state index in [9.17, 15) is 22.0 Å². The number of anilines is 3. The van der Waals surface area contributed by atoms with Gasteiger partial charge in [-0.3, -0.25) is 4.90 Å². The maximum absolute atomic E-state index is 14.9. The van der Waals surface area contributed by atoms with Crippen molar-refractivity contribution in [1.82, 2.24) is 14.9 Å². The predicted molar refractivity (Wildman–Crippen MR) is 135 cm³/mol. The molecule has 6 nitrogen and oxygen atoms in total. The number of hydrogen-bond acceptors (Lipinski definition) is 6. The van der Waals surface area contributed by atoms with Crippen LogP contribution in [0.4, 0.5) is 39.3 Å². The van der Waals surface area contributed by atoms with Crippen molar-refractivity contribution in [3.8, 4) is 17.0 Å². The highest BCUT2D eigenvalue weighted by molar-refractivity contribution is 5.73. The van der Waals surface area contributed by atoms with Crippen LogP contribution < -0.4 is 15.0 Å². The van der Waals surface area contributed by atoms with Gasteiger partial charge in [0.15, 0.2) is 17.4 Å². The lowest BCUT2D eigenvalue weighted by atomic mass is 9.99. The summed E-state index contributed by atoms with van der Waals surface area (Å²) in [6.45, 7) is 5.89. The van der Waals surface area contributed by atoms with Crippen LogP contribution in [0, 0.1) is 11.6 Å². The molecule has 0 saturated heterocycles. The van der Waals surface area contributed by atoms with Gasteiger partial charge in [0.2, 0.25) is 5.95 Å². The van der Waals surface area contributed by atoms with Gasteiger partial charge in [0.05, 0.1) is 24.8 Å². The number of rotatable bonds is 6. The smallest absolute Gasteiger partial charge is 0.390 e. The third-order valence-electron chi connectivity index (χ3n) is 6.82. The highest BCUT2D eigenvalue weighted by Crippen LogP contribution is 2.39. The Morgan fingerprint density at radius 3 is 2.63 bits per heavy atom. The van der Waals surface area contributed by atoms with Crippen molar-refractivity contribution >= 4 is 17.3 Å². The molecule has 0 spiro atoms. The summed E-state index contributed by atoms with van der Waals surface area (Å²) in [7, 11) is 0. The Morgan fingerprint density at radius 2 is 1.87 bits per heavy atom. The van der Waals surface area contributed by atoms with E-state index in [0.29, 0.717) is 44.0 Å². The van der Waals surface area contributed by atoms with Crippen LogP contribution in [0.2, 0.25) is 0 Å². The summed E-state index contributed by atoms with van der Waals surface area (Å²) in [4.78, 5) is 12.2. The second kappa shape index (κ2) is 10.4. The summed E-state index contributed by atoms with van der Waals surface area (Å²) >= 11 is 0. The number of hydrogen-bond donors (Lipinski definition) is 1. The largest absolute Gasteiger partial charge is 0.486 e. The van der Waals surface area contributed by atoms with Crippen molar-refractivity contribution in [2.45, 2.75) is 45.5 Å². The second-order valence-electron chi connectivity index (χ2n) is 9.83. The molecule has 0 amide bonds. The molecule has 3 aromatic rings. The average Bonchev–Trinajstić information content (AvgIpc) is 2.87. The van der Waals surface area contributed by atoms with E-state index < -0.39 is 24.2 Å². The molecule has 1 aromatic heterocycles. The summed E-state index contributed by atoms with van der Waals surface area (Å²) in [6, 6.07) is 8.54. The zero-order valence-electron chi connectivity index (χ0n) is 21.1. The molecule has 38 heavy (non-hydrogen) atoms. The van der Waals surface area contributed by atoms with Crippen molar-refractivity contribution < 1.29 is 26.7 Å². The van der Waals surface area contributed by atoms with E-state index in [-0.39, 0.29) is 35.5 Å². The molecule has 0 unspecified atom stereocenters. The van der Waals surface area contributed by atoms with Crippen molar-refractivity contribution in [2.75, 3.05) is 36.5 Å². The highest BCUT2D eigenvalue weighted by atomic mass is 19.4. The van der Waals surface area contributed by atoms with Crippen LogP contribution in [0.25, 0.3) is 11.3 Å². The number of halogens is 5. The molecule has 0 bridgehead atoms. The molecule has 2 aliphatic rings. The predicted octanol–water partition coefficient (Wildman–Crippen LogP) is 6.08. The van der Waals surface area contributed by atoms with Crippen LogP contribution in [-0.4, -0.2) is 53.3 Å². The Bertz CT molecular complexity index is 1330.